The van der Waals surface area contributed by atoms with Gasteiger partial charge in [-0.3, -0.25) is 0 Å². The molecule has 1 aromatic rings. The molecule has 0 aromatic heterocycles. The first-order valence-electron chi connectivity index (χ1n) is 6.79. The molecule has 106 valence electrons. The van der Waals surface area contributed by atoms with Gasteiger partial charge in [0.1, 0.15) is 11.6 Å². The fourth-order valence-electron chi connectivity index (χ4n) is 2.69. The predicted octanol–water partition coefficient (Wildman–Crippen LogP) is 2.91. The molecule has 0 atom stereocenters. The third-order valence-corrected chi connectivity index (χ3v) is 3.98. The summed E-state index contributed by atoms with van der Waals surface area (Å²) in [6.07, 6.45) is 4.07. The van der Waals surface area contributed by atoms with Crippen molar-refractivity contribution in [2.24, 2.45) is 5.41 Å². The lowest BCUT2D eigenvalue weighted by Gasteiger charge is -2.42. The Hall–Kier alpha value is -1.00. The first-order valence-corrected chi connectivity index (χ1v) is 6.79. The molecule has 0 radical (unpaired) electrons. The number of ether oxygens (including phenoxy) is 1. The molecule has 0 amide bonds. The number of hydrogen-bond donors (Lipinski definition) is 1. The Kier molecular flexibility index (Phi) is 4.88. The summed E-state index contributed by atoms with van der Waals surface area (Å²) in [5.41, 5.74) is 0.751. The first kappa shape index (κ1) is 14.4. The summed E-state index contributed by atoms with van der Waals surface area (Å²) in [7, 11) is 1.68. The Morgan fingerprint density at radius 2 is 2.11 bits per heavy atom. The molecule has 0 spiro atoms. The van der Waals surface area contributed by atoms with E-state index in [-0.39, 0.29) is 5.41 Å². The standard InChI is InChI=1S/C15H21F2NO/c1-19-8-7-18-11-15(5-2-6-15)10-12-3-4-13(16)9-14(12)17/h3-4,9,18H,2,5-8,10-11H2,1H3. The molecular formula is C15H21F2NO. The fraction of sp³-hybridized carbons (Fsp3) is 0.600. The molecule has 0 unspecified atom stereocenters. The van der Waals surface area contributed by atoms with Gasteiger partial charge in [-0.05, 0) is 36.3 Å². The molecule has 0 aliphatic heterocycles. The van der Waals surface area contributed by atoms with Crippen molar-refractivity contribution in [1.29, 1.82) is 0 Å². The van der Waals surface area contributed by atoms with E-state index in [1.54, 1.807) is 13.2 Å². The van der Waals surface area contributed by atoms with Gasteiger partial charge in [0.25, 0.3) is 0 Å². The van der Waals surface area contributed by atoms with Crippen molar-refractivity contribution >= 4 is 0 Å². The van der Waals surface area contributed by atoms with Gasteiger partial charge in [0.2, 0.25) is 0 Å². The minimum Gasteiger partial charge on any atom is -0.383 e. The molecule has 1 N–H and O–H groups in total. The quantitative estimate of drug-likeness (QED) is 0.768. The van der Waals surface area contributed by atoms with Crippen molar-refractivity contribution in [3.05, 3.63) is 35.4 Å². The SMILES string of the molecule is COCCNCC1(Cc2ccc(F)cc2F)CCC1. The normalized spacial score (nSPS) is 17.2. The van der Waals surface area contributed by atoms with Crippen LogP contribution in [-0.4, -0.2) is 26.8 Å². The average Bonchev–Trinajstić information content (AvgIpc) is 2.34. The third kappa shape index (κ3) is 3.74. The van der Waals surface area contributed by atoms with E-state index in [0.717, 1.165) is 32.0 Å². The zero-order chi connectivity index (χ0) is 13.7. The summed E-state index contributed by atoms with van der Waals surface area (Å²) in [6.45, 7) is 2.36. The lowest BCUT2D eigenvalue weighted by Crippen LogP contribution is -2.42. The van der Waals surface area contributed by atoms with Crippen LogP contribution in [0.2, 0.25) is 0 Å². The topological polar surface area (TPSA) is 21.3 Å². The Labute approximate surface area is 113 Å². The average molecular weight is 269 g/mol. The molecule has 2 rings (SSSR count). The Balaban J connectivity index is 1.94. The van der Waals surface area contributed by atoms with Crippen molar-refractivity contribution in [1.82, 2.24) is 5.32 Å². The summed E-state index contributed by atoms with van der Waals surface area (Å²) >= 11 is 0. The predicted molar refractivity (Wildman–Crippen MR) is 71.1 cm³/mol. The van der Waals surface area contributed by atoms with Gasteiger partial charge >= 0.3 is 0 Å². The van der Waals surface area contributed by atoms with Gasteiger partial charge in [-0.15, -0.1) is 0 Å². The Morgan fingerprint density at radius 1 is 1.32 bits per heavy atom. The molecule has 1 aromatic carbocycles. The number of nitrogens with one attached hydrogen (secondary N) is 1. The lowest BCUT2D eigenvalue weighted by atomic mass is 9.65. The van der Waals surface area contributed by atoms with Crippen molar-refractivity contribution in [2.45, 2.75) is 25.7 Å². The van der Waals surface area contributed by atoms with Crippen LogP contribution < -0.4 is 5.32 Å². The molecule has 1 aliphatic carbocycles. The van der Waals surface area contributed by atoms with Gasteiger partial charge in [0, 0.05) is 26.3 Å². The number of rotatable bonds is 7. The van der Waals surface area contributed by atoms with E-state index in [0.29, 0.717) is 18.6 Å². The molecule has 4 heteroatoms. The zero-order valence-electron chi connectivity index (χ0n) is 11.3. The first-order chi connectivity index (χ1) is 9.15. The second-order valence-electron chi connectivity index (χ2n) is 5.44. The van der Waals surface area contributed by atoms with Gasteiger partial charge in [0.15, 0.2) is 0 Å². The summed E-state index contributed by atoms with van der Waals surface area (Å²) in [4.78, 5) is 0. The maximum Gasteiger partial charge on any atom is 0.129 e. The third-order valence-electron chi connectivity index (χ3n) is 3.98. The molecule has 19 heavy (non-hydrogen) atoms. The maximum atomic E-state index is 13.7. The van der Waals surface area contributed by atoms with E-state index in [2.05, 4.69) is 5.32 Å². The number of halogens is 2. The van der Waals surface area contributed by atoms with E-state index in [4.69, 9.17) is 4.74 Å². The van der Waals surface area contributed by atoms with E-state index >= 15 is 0 Å². The van der Waals surface area contributed by atoms with E-state index in [1.807, 2.05) is 0 Å². The summed E-state index contributed by atoms with van der Waals surface area (Å²) < 4.78 is 31.6. The molecule has 2 nitrogen and oxygen atoms in total. The second-order valence-corrected chi connectivity index (χ2v) is 5.44. The highest BCUT2D eigenvalue weighted by Crippen LogP contribution is 2.43. The number of methoxy groups -OCH3 is 1. The molecule has 0 bridgehead atoms. The highest BCUT2D eigenvalue weighted by atomic mass is 19.1. The number of hydrogen-bond acceptors (Lipinski definition) is 2. The van der Waals surface area contributed by atoms with Gasteiger partial charge in [-0.25, -0.2) is 8.78 Å². The maximum absolute atomic E-state index is 13.7. The van der Waals surface area contributed by atoms with Crippen LogP contribution in [0.4, 0.5) is 8.78 Å². The van der Waals surface area contributed by atoms with E-state index < -0.39 is 11.6 Å². The van der Waals surface area contributed by atoms with Gasteiger partial charge in [-0.1, -0.05) is 12.5 Å². The lowest BCUT2D eigenvalue weighted by molar-refractivity contribution is 0.121. The fourth-order valence-corrected chi connectivity index (χ4v) is 2.69. The minimum atomic E-state index is -0.512. The van der Waals surface area contributed by atoms with Crippen LogP contribution in [0.15, 0.2) is 18.2 Å². The molecular weight excluding hydrogens is 248 g/mol. The highest BCUT2D eigenvalue weighted by molar-refractivity contribution is 5.21. The van der Waals surface area contributed by atoms with Crippen molar-refractivity contribution in [2.75, 3.05) is 26.8 Å². The molecule has 0 heterocycles. The van der Waals surface area contributed by atoms with E-state index in [1.165, 1.54) is 12.5 Å². The van der Waals surface area contributed by atoms with Crippen LogP contribution in [0.1, 0.15) is 24.8 Å². The summed E-state index contributed by atoms with van der Waals surface area (Å²) in [6, 6.07) is 3.88. The van der Waals surface area contributed by atoms with Gasteiger partial charge in [0.05, 0.1) is 6.61 Å². The molecule has 1 aliphatic rings. The largest absolute Gasteiger partial charge is 0.383 e. The zero-order valence-corrected chi connectivity index (χ0v) is 11.3. The van der Waals surface area contributed by atoms with Crippen LogP contribution in [0.25, 0.3) is 0 Å². The van der Waals surface area contributed by atoms with Gasteiger partial charge in [-0.2, -0.15) is 0 Å². The minimum absolute atomic E-state index is 0.131. The Bertz CT molecular complexity index is 419. The highest BCUT2D eigenvalue weighted by Gasteiger charge is 2.37. The van der Waals surface area contributed by atoms with Crippen molar-refractivity contribution < 1.29 is 13.5 Å². The molecule has 0 saturated heterocycles. The van der Waals surface area contributed by atoms with Crippen LogP contribution in [0, 0.1) is 17.0 Å². The van der Waals surface area contributed by atoms with Crippen LogP contribution in [0.3, 0.4) is 0 Å². The van der Waals surface area contributed by atoms with Crippen LogP contribution in [0.5, 0.6) is 0 Å². The molecule has 1 saturated carbocycles. The van der Waals surface area contributed by atoms with Crippen molar-refractivity contribution in [3.63, 3.8) is 0 Å². The summed E-state index contributed by atoms with van der Waals surface area (Å²) in [5, 5.41) is 3.36. The van der Waals surface area contributed by atoms with Crippen molar-refractivity contribution in [3.8, 4) is 0 Å². The van der Waals surface area contributed by atoms with Gasteiger partial charge < -0.3 is 10.1 Å². The van der Waals surface area contributed by atoms with Crippen LogP contribution in [-0.2, 0) is 11.2 Å². The molecule has 1 fully saturated rings. The number of benzene rings is 1. The van der Waals surface area contributed by atoms with E-state index in [9.17, 15) is 8.78 Å². The smallest absolute Gasteiger partial charge is 0.129 e. The Morgan fingerprint density at radius 3 is 2.68 bits per heavy atom. The monoisotopic (exact) mass is 269 g/mol. The second kappa shape index (κ2) is 6.44. The van der Waals surface area contributed by atoms with Crippen LogP contribution >= 0.6 is 0 Å². The summed E-state index contributed by atoms with van der Waals surface area (Å²) in [5.74, 6) is -0.940.